The van der Waals surface area contributed by atoms with Gasteiger partial charge in [0.05, 0.1) is 6.42 Å². The Bertz CT molecular complexity index is 348. The van der Waals surface area contributed by atoms with Crippen LogP contribution in [0, 0.1) is 0 Å². The molecule has 2 N–H and O–H groups in total. The van der Waals surface area contributed by atoms with Crippen molar-refractivity contribution >= 4 is 29.2 Å². The van der Waals surface area contributed by atoms with Crippen molar-refractivity contribution < 1.29 is 9.90 Å². The van der Waals surface area contributed by atoms with Crippen LogP contribution < -0.4 is 5.32 Å². The first kappa shape index (κ1) is 12.3. The van der Waals surface area contributed by atoms with Gasteiger partial charge < -0.3 is 10.4 Å². The van der Waals surface area contributed by atoms with E-state index in [0.29, 0.717) is 10.0 Å². The molecule has 15 heavy (non-hydrogen) atoms. The molecule has 0 aliphatic rings. The van der Waals surface area contributed by atoms with E-state index in [1.54, 1.807) is 25.2 Å². The zero-order valence-electron chi connectivity index (χ0n) is 8.13. The average Bonchev–Trinajstić information content (AvgIpc) is 2.12. The fourth-order valence-corrected chi connectivity index (χ4v) is 1.88. The van der Waals surface area contributed by atoms with Crippen LogP contribution in [-0.4, -0.2) is 18.1 Å². The van der Waals surface area contributed by atoms with Crippen LogP contribution in [0.25, 0.3) is 0 Å². The van der Waals surface area contributed by atoms with Crippen molar-refractivity contribution in [1.29, 1.82) is 0 Å². The summed E-state index contributed by atoms with van der Waals surface area (Å²) in [5.41, 5.74) is 0.775. The number of hydrogen-bond acceptors (Lipinski definition) is 2. The van der Waals surface area contributed by atoms with E-state index in [0.717, 1.165) is 5.56 Å². The summed E-state index contributed by atoms with van der Waals surface area (Å²) in [5.74, 6) is -0.870. The number of aliphatic carboxylic acids is 1. The lowest BCUT2D eigenvalue weighted by Gasteiger charge is -2.14. The third-order valence-corrected chi connectivity index (χ3v) is 2.45. The van der Waals surface area contributed by atoms with E-state index >= 15 is 0 Å². The molecule has 5 heteroatoms. The van der Waals surface area contributed by atoms with Crippen LogP contribution in [0.5, 0.6) is 0 Å². The molecule has 0 aliphatic heterocycles. The van der Waals surface area contributed by atoms with Crippen molar-refractivity contribution in [2.75, 3.05) is 7.05 Å². The van der Waals surface area contributed by atoms with E-state index < -0.39 is 5.97 Å². The third kappa shape index (κ3) is 3.70. The fourth-order valence-electron chi connectivity index (χ4n) is 1.34. The Kier molecular flexibility index (Phi) is 4.39. The van der Waals surface area contributed by atoms with Crippen molar-refractivity contribution in [3.05, 3.63) is 33.8 Å². The van der Waals surface area contributed by atoms with Gasteiger partial charge in [0.25, 0.3) is 0 Å². The summed E-state index contributed by atoms with van der Waals surface area (Å²) >= 11 is 11.7. The van der Waals surface area contributed by atoms with Crippen LogP contribution in [0.4, 0.5) is 0 Å². The van der Waals surface area contributed by atoms with Crippen LogP contribution in [0.2, 0.25) is 10.0 Å². The summed E-state index contributed by atoms with van der Waals surface area (Å²) in [7, 11) is 1.70. The number of nitrogens with one attached hydrogen (secondary N) is 1. The number of benzene rings is 1. The van der Waals surface area contributed by atoms with Crippen LogP contribution in [0.3, 0.4) is 0 Å². The molecule has 0 radical (unpaired) electrons. The lowest BCUT2D eigenvalue weighted by molar-refractivity contribution is -0.137. The summed E-state index contributed by atoms with van der Waals surface area (Å²) in [6, 6.07) is 4.74. The molecule has 0 amide bonds. The first-order chi connectivity index (χ1) is 7.02. The molecule has 0 bridgehead atoms. The van der Waals surface area contributed by atoms with Gasteiger partial charge in [-0.1, -0.05) is 23.2 Å². The normalized spacial score (nSPS) is 12.5. The molecule has 82 valence electrons. The van der Waals surface area contributed by atoms with Crippen LogP contribution in [0.1, 0.15) is 18.0 Å². The Morgan fingerprint density at radius 3 is 2.33 bits per heavy atom. The Morgan fingerprint density at radius 1 is 1.40 bits per heavy atom. The first-order valence-electron chi connectivity index (χ1n) is 4.38. The standard InChI is InChI=1S/C10H11Cl2NO2/c1-13-9(5-10(14)15)6-2-7(11)4-8(12)3-6/h2-4,9,13H,5H2,1H3,(H,14,15)/t9-/m1/s1. The molecule has 0 aromatic heterocycles. The molecule has 0 heterocycles. The maximum atomic E-state index is 10.6. The molecular weight excluding hydrogens is 237 g/mol. The lowest BCUT2D eigenvalue weighted by atomic mass is 10.0. The Morgan fingerprint density at radius 2 is 1.93 bits per heavy atom. The first-order valence-corrected chi connectivity index (χ1v) is 5.13. The van der Waals surface area contributed by atoms with Crippen molar-refractivity contribution in [3.8, 4) is 0 Å². The highest BCUT2D eigenvalue weighted by Gasteiger charge is 2.14. The van der Waals surface area contributed by atoms with Crippen LogP contribution in [-0.2, 0) is 4.79 Å². The van der Waals surface area contributed by atoms with Crippen molar-refractivity contribution in [3.63, 3.8) is 0 Å². The van der Waals surface area contributed by atoms with Gasteiger partial charge in [-0.05, 0) is 30.8 Å². The van der Waals surface area contributed by atoms with Gasteiger partial charge in [0.2, 0.25) is 0 Å². The second kappa shape index (κ2) is 5.35. The molecule has 0 spiro atoms. The Balaban J connectivity index is 2.95. The summed E-state index contributed by atoms with van der Waals surface area (Å²) < 4.78 is 0. The third-order valence-electron chi connectivity index (χ3n) is 2.01. The number of carboxylic acid groups (broad SMARTS) is 1. The number of carbonyl (C=O) groups is 1. The Hall–Kier alpha value is -0.770. The molecule has 0 aliphatic carbocycles. The van der Waals surface area contributed by atoms with Gasteiger partial charge >= 0.3 is 5.97 Å². The summed E-state index contributed by atoms with van der Waals surface area (Å²) in [4.78, 5) is 10.6. The largest absolute Gasteiger partial charge is 0.481 e. The van der Waals surface area contributed by atoms with Crippen LogP contribution in [0.15, 0.2) is 18.2 Å². The predicted octanol–water partition coefficient (Wildman–Crippen LogP) is 2.73. The van der Waals surface area contributed by atoms with Gasteiger partial charge in [-0.3, -0.25) is 4.79 Å². The second-order valence-corrected chi connectivity index (χ2v) is 4.01. The summed E-state index contributed by atoms with van der Waals surface area (Å²) in [6.45, 7) is 0. The predicted molar refractivity (Wildman–Crippen MR) is 60.5 cm³/mol. The minimum Gasteiger partial charge on any atom is -0.481 e. The molecule has 0 saturated carbocycles. The molecule has 1 rings (SSSR count). The number of carboxylic acids is 1. The van der Waals surface area contributed by atoms with Crippen LogP contribution >= 0.6 is 23.2 Å². The summed E-state index contributed by atoms with van der Waals surface area (Å²) in [6.07, 6.45) is -0.00677. The molecule has 1 aromatic rings. The maximum absolute atomic E-state index is 10.6. The topological polar surface area (TPSA) is 49.3 Å². The highest BCUT2D eigenvalue weighted by Crippen LogP contribution is 2.25. The van der Waals surface area contributed by atoms with E-state index in [-0.39, 0.29) is 12.5 Å². The molecule has 0 fully saturated rings. The monoisotopic (exact) mass is 247 g/mol. The van der Waals surface area contributed by atoms with Crippen molar-refractivity contribution in [2.24, 2.45) is 0 Å². The zero-order chi connectivity index (χ0) is 11.4. The molecule has 1 atom stereocenters. The molecule has 1 aromatic carbocycles. The van der Waals surface area contributed by atoms with Gasteiger partial charge in [0.15, 0.2) is 0 Å². The van der Waals surface area contributed by atoms with Gasteiger partial charge in [-0.15, -0.1) is 0 Å². The van der Waals surface area contributed by atoms with Gasteiger partial charge in [-0.2, -0.15) is 0 Å². The fraction of sp³-hybridized carbons (Fsp3) is 0.300. The minimum absolute atomic E-state index is 0.00677. The van der Waals surface area contributed by atoms with Crippen molar-refractivity contribution in [1.82, 2.24) is 5.32 Å². The number of halogens is 2. The van der Waals surface area contributed by atoms with Gasteiger partial charge in [0, 0.05) is 16.1 Å². The summed E-state index contributed by atoms with van der Waals surface area (Å²) in [5, 5.41) is 12.6. The minimum atomic E-state index is -0.870. The molecular formula is C10H11Cl2NO2. The van der Waals surface area contributed by atoms with E-state index in [2.05, 4.69) is 5.32 Å². The maximum Gasteiger partial charge on any atom is 0.305 e. The lowest BCUT2D eigenvalue weighted by Crippen LogP contribution is -2.19. The molecule has 3 nitrogen and oxygen atoms in total. The quantitative estimate of drug-likeness (QED) is 0.861. The highest BCUT2D eigenvalue weighted by atomic mass is 35.5. The average molecular weight is 248 g/mol. The highest BCUT2D eigenvalue weighted by molar-refractivity contribution is 6.34. The van der Waals surface area contributed by atoms with Gasteiger partial charge in [0.1, 0.15) is 0 Å². The number of rotatable bonds is 4. The zero-order valence-corrected chi connectivity index (χ0v) is 9.64. The molecule has 0 unspecified atom stereocenters. The smallest absolute Gasteiger partial charge is 0.305 e. The van der Waals surface area contributed by atoms with E-state index in [1.807, 2.05) is 0 Å². The molecule has 0 saturated heterocycles. The second-order valence-electron chi connectivity index (χ2n) is 3.14. The SMILES string of the molecule is CN[C@H](CC(=O)O)c1cc(Cl)cc(Cl)c1. The number of hydrogen-bond donors (Lipinski definition) is 2. The van der Waals surface area contributed by atoms with E-state index in [9.17, 15) is 4.79 Å². The Labute approximate surface area is 98.0 Å². The van der Waals surface area contributed by atoms with Gasteiger partial charge in [-0.25, -0.2) is 0 Å². The van der Waals surface area contributed by atoms with Crippen molar-refractivity contribution in [2.45, 2.75) is 12.5 Å². The van der Waals surface area contributed by atoms with E-state index in [1.165, 1.54) is 0 Å². The van der Waals surface area contributed by atoms with E-state index in [4.69, 9.17) is 28.3 Å².